The Morgan fingerprint density at radius 1 is 1.17 bits per heavy atom. The standard InChI is InChI=1S/C37H51N3O7Si/c1-24(2)11-8-12-25(3)17-20-40-30-16-15-27(39-19-10-14-31(46-5)35(39)43)21-29(30)37(36(40)44)26(4)34(48(6,7)45)32(47-37)22-33(42)38-18-9-13-28(38)23-41/h10-11,14-17,19,21,26,28,32,34,41,45H,8-9,12-13,18,20,22-23H2,1-7H3/b25-17+/t26-,28+,32+,34-,37+/m1/s1. The SMILES string of the molecule is COc1cccn(-c2ccc3c(c2)[C@]2(O[C@@H](CC(=O)N4CCC[C@H]4CO)[C@H]([Si](C)(C)O)[C@H]2C)C(=O)N3C/C=C(\C)CCC=C(C)C)c1=O. The first-order chi connectivity index (χ1) is 22.7. The Hall–Kier alpha value is -3.51. The third-order valence-corrected chi connectivity index (χ3v) is 12.9. The fourth-order valence-electron chi connectivity index (χ4n) is 8.01. The molecule has 3 aliphatic heterocycles. The van der Waals surface area contributed by atoms with Gasteiger partial charge in [-0.05, 0) is 89.9 Å². The Balaban J connectivity index is 1.59. The molecule has 0 radical (unpaired) electrons. The summed E-state index contributed by atoms with van der Waals surface area (Å²) in [7, 11) is -1.56. The van der Waals surface area contributed by atoms with Crippen molar-refractivity contribution in [1.82, 2.24) is 9.47 Å². The predicted molar refractivity (Wildman–Crippen MR) is 189 cm³/mol. The van der Waals surface area contributed by atoms with Gasteiger partial charge in [0.1, 0.15) is 0 Å². The Kier molecular flexibility index (Phi) is 10.5. The van der Waals surface area contributed by atoms with Crippen LogP contribution in [0.3, 0.4) is 0 Å². The summed E-state index contributed by atoms with van der Waals surface area (Å²) in [4.78, 5) is 57.0. The molecule has 1 aromatic heterocycles. The van der Waals surface area contributed by atoms with Gasteiger partial charge in [0, 0.05) is 42.0 Å². The molecule has 5 rings (SSSR count). The van der Waals surface area contributed by atoms with Crippen LogP contribution in [0.5, 0.6) is 5.75 Å². The average Bonchev–Trinajstić information content (AvgIpc) is 3.69. The third kappa shape index (κ3) is 6.57. The molecule has 2 saturated heterocycles. The second kappa shape index (κ2) is 14.1. The van der Waals surface area contributed by atoms with Crippen LogP contribution >= 0.6 is 0 Å². The minimum atomic E-state index is -3.01. The van der Waals surface area contributed by atoms with Crippen molar-refractivity contribution in [2.45, 2.75) is 96.2 Å². The second-order valence-corrected chi connectivity index (χ2v) is 18.3. The largest absolute Gasteiger partial charge is 0.491 e. The Bertz CT molecular complexity index is 1660. The zero-order valence-electron chi connectivity index (χ0n) is 29.4. The molecule has 3 aliphatic rings. The Morgan fingerprint density at radius 2 is 1.92 bits per heavy atom. The topological polar surface area (TPSA) is 122 Å². The lowest BCUT2D eigenvalue weighted by Gasteiger charge is -2.32. The van der Waals surface area contributed by atoms with Gasteiger partial charge < -0.3 is 29.2 Å². The number of amides is 2. The lowest BCUT2D eigenvalue weighted by Crippen LogP contribution is -2.46. The number of likely N-dealkylation sites (tertiary alicyclic amines) is 1. The van der Waals surface area contributed by atoms with Crippen LogP contribution in [0.4, 0.5) is 5.69 Å². The monoisotopic (exact) mass is 677 g/mol. The molecule has 4 heterocycles. The summed E-state index contributed by atoms with van der Waals surface area (Å²) in [5.74, 6) is -0.649. The maximum absolute atomic E-state index is 14.9. The number of ether oxygens (including phenoxy) is 2. The lowest BCUT2D eigenvalue weighted by atomic mass is 9.82. The van der Waals surface area contributed by atoms with Crippen LogP contribution < -0.4 is 15.2 Å². The molecule has 0 bridgehead atoms. The molecule has 48 heavy (non-hydrogen) atoms. The third-order valence-electron chi connectivity index (χ3n) is 10.4. The molecule has 0 unspecified atom stereocenters. The molecule has 2 N–H and O–H groups in total. The number of aliphatic hydroxyl groups is 1. The van der Waals surface area contributed by atoms with Crippen LogP contribution in [-0.4, -0.2) is 78.5 Å². The van der Waals surface area contributed by atoms with Crippen molar-refractivity contribution in [3.8, 4) is 11.4 Å². The van der Waals surface area contributed by atoms with Gasteiger partial charge >= 0.3 is 0 Å². The van der Waals surface area contributed by atoms with Gasteiger partial charge in [0.05, 0.1) is 38.0 Å². The number of aromatic nitrogens is 1. The van der Waals surface area contributed by atoms with E-state index in [2.05, 4.69) is 32.9 Å². The highest BCUT2D eigenvalue weighted by Crippen LogP contribution is 2.60. The maximum atomic E-state index is 14.9. The van der Waals surface area contributed by atoms with Crippen molar-refractivity contribution in [3.05, 3.63) is 75.7 Å². The number of pyridine rings is 1. The van der Waals surface area contributed by atoms with Crippen molar-refractivity contribution >= 4 is 25.8 Å². The number of allylic oxidation sites excluding steroid dienone is 3. The van der Waals surface area contributed by atoms with Crippen LogP contribution in [0.2, 0.25) is 18.6 Å². The summed E-state index contributed by atoms with van der Waals surface area (Å²) in [5.41, 5.74) is 2.05. The van der Waals surface area contributed by atoms with E-state index in [1.54, 1.807) is 28.1 Å². The summed E-state index contributed by atoms with van der Waals surface area (Å²) in [6.07, 6.45) is 8.58. The molecule has 5 atom stereocenters. The highest BCUT2D eigenvalue weighted by Gasteiger charge is 2.66. The first-order valence-electron chi connectivity index (χ1n) is 17.1. The summed E-state index contributed by atoms with van der Waals surface area (Å²) < 4.78 is 13.7. The molecule has 260 valence electrons. The molecular weight excluding hydrogens is 627 g/mol. The number of hydrogen-bond acceptors (Lipinski definition) is 7. The highest BCUT2D eigenvalue weighted by molar-refractivity contribution is 6.71. The Labute approximate surface area is 284 Å². The smallest absolute Gasteiger partial charge is 0.297 e. The maximum Gasteiger partial charge on any atom is 0.297 e. The van der Waals surface area contributed by atoms with Gasteiger partial charge in [-0.3, -0.25) is 19.0 Å². The minimum Gasteiger partial charge on any atom is -0.491 e. The predicted octanol–water partition coefficient (Wildman–Crippen LogP) is 5.06. The van der Waals surface area contributed by atoms with Gasteiger partial charge in [-0.2, -0.15) is 0 Å². The minimum absolute atomic E-state index is 0.00523. The molecular formula is C37H51N3O7Si. The van der Waals surface area contributed by atoms with Crippen molar-refractivity contribution in [2.24, 2.45) is 5.92 Å². The van der Waals surface area contributed by atoms with Crippen LogP contribution in [-0.2, 0) is 19.9 Å². The van der Waals surface area contributed by atoms with Crippen LogP contribution in [0, 0.1) is 5.92 Å². The molecule has 0 saturated carbocycles. The fraction of sp³-hybridized carbons (Fsp3) is 0.541. The number of aliphatic hydroxyl groups excluding tert-OH is 1. The van der Waals surface area contributed by atoms with Gasteiger partial charge in [0.25, 0.3) is 11.5 Å². The number of nitrogens with zero attached hydrogens (tertiary/aromatic N) is 3. The van der Waals surface area contributed by atoms with E-state index in [0.29, 0.717) is 30.0 Å². The lowest BCUT2D eigenvalue weighted by molar-refractivity contribution is -0.149. The molecule has 2 amide bonds. The van der Waals surface area contributed by atoms with Crippen molar-refractivity contribution < 1.29 is 29.0 Å². The number of fused-ring (bicyclic) bond motifs is 2. The van der Waals surface area contributed by atoms with E-state index in [-0.39, 0.29) is 42.2 Å². The number of rotatable bonds is 11. The number of anilines is 1. The number of hydrogen-bond donors (Lipinski definition) is 2. The van der Waals surface area contributed by atoms with E-state index in [9.17, 15) is 24.3 Å². The van der Waals surface area contributed by atoms with Crippen LogP contribution in [0.25, 0.3) is 5.69 Å². The first kappa shape index (κ1) is 35.8. The molecule has 10 nitrogen and oxygen atoms in total. The number of carbonyl (C=O) groups is 2. The van der Waals surface area contributed by atoms with Gasteiger partial charge in [-0.1, -0.05) is 30.2 Å². The van der Waals surface area contributed by atoms with E-state index < -0.39 is 31.5 Å². The summed E-state index contributed by atoms with van der Waals surface area (Å²) >= 11 is 0. The van der Waals surface area contributed by atoms with Crippen molar-refractivity contribution in [2.75, 3.05) is 31.7 Å². The van der Waals surface area contributed by atoms with Crippen LogP contribution in [0.15, 0.2) is 64.6 Å². The highest BCUT2D eigenvalue weighted by atomic mass is 28.4. The van der Waals surface area contributed by atoms with Gasteiger partial charge in [-0.15, -0.1) is 0 Å². The molecule has 1 spiro atoms. The average molecular weight is 678 g/mol. The van der Waals surface area contributed by atoms with E-state index in [1.165, 1.54) is 17.3 Å². The zero-order chi connectivity index (χ0) is 35.0. The second-order valence-electron chi connectivity index (χ2n) is 14.4. The van der Waals surface area contributed by atoms with Crippen molar-refractivity contribution in [1.29, 1.82) is 0 Å². The quantitative estimate of drug-likeness (QED) is 0.252. The number of methoxy groups -OCH3 is 1. The van der Waals surface area contributed by atoms with E-state index in [0.717, 1.165) is 31.3 Å². The summed E-state index contributed by atoms with van der Waals surface area (Å²) in [5, 5.41) is 9.90. The molecule has 1 aromatic carbocycles. The molecule has 2 fully saturated rings. The fourth-order valence-corrected chi connectivity index (χ4v) is 10.6. The van der Waals surface area contributed by atoms with Gasteiger partial charge in [0.2, 0.25) is 5.91 Å². The summed E-state index contributed by atoms with van der Waals surface area (Å²) in [6.45, 7) is 12.6. The van der Waals surface area contributed by atoms with Crippen molar-refractivity contribution in [3.63, 3.8) is 0 Å². The molecule has 0 aliphatic carbocycles. The van der Waals surface area contributed by atoms with Gasteiger partial charge in [0.15, 0.2) is 19.7 Å². The van der Waals surface area contributed by atoms with E-state index in [1.807, 2.05) is 38.2 Å². The number of carbonyl (C=O) groups excluding carboxylic acids is 2. The summed E-state index contributed by atoms with van der Waals surface area (Å²) in [6, 6.07) is 8.61. The first-order valence-corrected chi connectivity index (χ1v) is 20.1. The normalized spacial score (nSPS) is 25.6. The van der Waals surface area contributed by atoms with E-state index >= 15 is 0 Å². The van der Waals surface area contributed by atoms with E-state index in [4.69, 9.17) is 9.47 Å². The van der Waals surface area contributed by atoms with Crippen LogP contribution in [0.1, 0.15) is 65.4 Å². The van der Waals surface area contributed by atoms with Gasteiger partial charge in [-0.25, -0.2) is 0 Å². The molecule has 2 aromatic rings. The molecule has 11 heteroatoms. The zero-order valence-corrected chi connectivity index (χ0v) is 30.4. The number of benzene rings is 1. The Morgan fingerprint density at radius 3 is 2.58 bits per heavy atom.